The molecule has 5 nitrogen and oxygen atoms in total. The van der Waals surface area contributed by atoms with E-state index < -0.39 is 5.97 Å². The van der Waals surface area contributed by atoms with E-state index in [2.05, 4.69) is 22.4 Å². The number of nitrogens with one attached hydrogen (secondary N) is 1. The Labute approximate surface area is 103 Å². The molecule has 1 aromatic heterocycles. The van der Waals surface area contributed by atoms with Gasteiger partial charge in [0.05, 0.1) is 0 Å². The Bertz CT molecular complexity index is 565. The van der Waals surface area contributed by atoms with Gasteiger partial charge < -0.3 is 14.8 Å². The van der Waals surface area contributed by atoms with E-state index >= 15 is 0 Å². The second-order valence-electron chi connectivity index (χ2n) is 4.35. The second kappa shape index (κ2) is 4.18. The quantitative estimate of drug-likeness (QED) is 0.863. The molecule has 2 N–H and O–H groups in total. The molecule has 1 aliphatic carbocycles. The molecule has 0 aliphatic heterocycles. The van der Waals surface area contributed by atoms with E-state index in [-0.39, 0.29) is 17.8 Å². The Morgan fingerprint density at radius 2 is 2.17 bits per heavy atom. The summed E-state index contributed by atoms with van der Waals surface area (Å²) < 4.78 is 5.06. The standard InChI is InChI=1S/C13H12N2O3/c16-12(17)11-7-18-13(15-11)14-10-6-9(10)8-4-2-1-3-5-8/h1-5,7,9-10H,6H2,(H,14,15)(H,16,17). The van der Waals surface area contributed by atoms with Crippen molar-refractivity contribution < 1.29 is 14.3 Å². The molecule has 1 fully saturated rings. The van der Waals surface area contributed by atoms with Crippen LogP contribution in [0.2, 0.25) is 0 Å². The summed E-state index contributed by atoms with van der Waals surface area (Å²) in [5.74, 6) is -0.631. The summed E-state index contributed by atoms with van der Waals surface area (Å²) in [6.07, 6.45) is 2.15. The number of oxazole rings is 1. The maximum Gasteiger partial charge on any atom is 0.357 e. The minimum Gasteiger partial charge on any atom is -0.476 e. The summed E-state index contributed by atoms with van der Waals surface area (Å²) in [6, 6.07) is 10.7. The monoisotopic (exact) mass is 244 g/mol. The van der Waals surface area contributed by atoms with Crippen molar-refractivity contribution in [3.63, 3.8) is 0 Å². The molecular formula is C13H12N2O3. The fraction of sp³-hybridized carbons (Fsp3) is 0.231. The highest BCUT2D eigenvalue weighted by molar-refractivity contribution is 5.85. The number of carbonyl (C=O) groups is 1. The molecule has 0 radical (unpaired) electrons. The molecule has 1 aromatic carbocycles. The third-order valence-electron chi connectivity index (χ3n) is 3.05. The molecule has 2 atom stereocenters. The number of aromatic nitrogens is 1. The van der Waals surface area contributed by atoms with Gasteiger partial charge in [-0.2, -0.15) is 4.98 Å². The maximum absolute atomic E-state index is 10.7. The number of rotatable bonds is 4. The summed E-state index contributed by atoms with van der Waals surface area (Å²) in [4.78, 5) is 14.5. The smallest absolute Gasteiger partial charge is 0.357 e. The first-order valence-electron chi connectivity index (χ1n) is 5.74. The highest BCUT2D eigenvalue weighted by Crippen LogP contribution is 2.42. The number of carboxylic acids is 1. The molecule has 0 amide bonds. The number of aromatic carboxylic acids is 1. The Morgan fingerprint density at radius 1 is 1.39 bits per heavy atom. The minimum atomic E-state index is -1.08. The molecule has 3 rings (SSSR count). The third kappa shape index (κ3) is 2.07. The van der Waals surface area contributed by atoms with Crippen LogP contribution >= 0.6 is 0 Å². The van der Waals surface area contributed by atoms with E-state index in [4.69, 9.17) is 9.52 Å². The van der Waals surface area contributed by atoms with Crippen LogP contribution in [0.4, 0.5) is 6.01 Å². The molecule has 1 aliphatic rings. The number of hydrogen-bond donors (Lipinski definition) is 2. The van der Waals surface area contributed by atoms with Gasteiger partial charge in [0.15, 0.2) is 5.69 Å². The molecule has 1 saturated carbocycles. The average molecular weight is 244 g/mol. The van der Waals surface area contributed by atoms with E-state index in [1.54, 1.807) is 0 Å². The zero-order valence-electron chi connectivity index (χ0n) is 9.54. The Kier molecular flexibility index (Phi) is 2.51. The van der Waals surface area contributed by atoms with Gasteiger partial charge in [0.2, 0.25) is 0 Å². The molecule has 0 bridgehead atoms. The molecule has 5 heteroatoms. The molecule has 0 spiro atoms. The predicted molar refractivity (Wildman–Crippen MR) is 64.7 cm³/mol. The van der Waals surface area contributed by atoms with Crippen molar-refractivity contribution >= 4 is 12.0 Å². The van der Waals surface area contributed by atoms with Crippen LogP contribution in [0.1, 0.15) is 28.4 Å². The summed E-state index contributed by atoms with van der Waals surface area (Å²) >= 11 is 0. The lowest BCUT2D eigenvalue weighted by molar-refractivity contribution is 0.0690. The summed E-state index contributed by atoms with van der Waals surface area (Å²) in [5.41, 5.74) is 1.20. The SMILES string of the molecule is O=C(O)c1coc(NC2CC2c2ccccc2)n1. The van der Waals surface area contributed by atoms with E-state index in [1.165, 1.54) is 5.56 Å². The lowest BCUT2D eigenvalue weighted by Gasteiger charge is -2.00. The van der Waals surface area contributed by atoms with Gasteiger partial charge in [-0.1, -0.05) is 30.3 Å². The van der Waals surface area contributed by atoms with Crippen LogP contribution in [-0.2, 0) is 0 Å². The fourth-order valence-corrected chi connectivity index (χ4v) is 2.02. The van der Waals surface area contributed by atoms with E-state index in [0.29, 0.717) is 5.92 Å². The van der Waals surface area contributed by atoms with Crippen LogP contribution in [-0.4, -0.2) is 22.1 Å². The molecule has 1 heterocycles. The van der Waals surface area contributed by atoms with Crippen molar-refractivity contribution in [2.75, 3.05) is 5.32 Å². The lowest BCUT2D eigenvalue weighted by atomic mass is 10.1. The largest absolute Gasteiger partial charge is 0.476 e. The van der Waals surface area contributed by atoms with Gasteiger partial charge in [-0.05, 0) is 12.0 Å². The number of anilines is 1. The van der Waals surface area contributed by atoms with E-state index in [1.807, 2.05) is 18.2 Å². The van der Waals surface area contributed by atoms with Gasteiger partial charge in [-0.15, -0.1) is 0 Å². The third-order valence-corrected chi connectivity index (χ3v) is 3.05. The van der Waals surface area contributed by atoms with Crippen molar-refractivity contribution in [3.05, 3.63) is 47.9 Å². The summed E-state index contributed by atoms with van der Waals surface area (Å²) in [6.45, 7) is 0. The number of hydrogen-bond acceptors (Lipinski definition) is 4. The van der Waals surface area contributed by atoms with Gasteiger partial charge in [0.25, 0.3) is 6.01 Å². The minimum absolute atomic E-state index is 0.0746. The van der Waals surface area contributed by atoms with Gasteiger partial charge in [-0.3, -0.25) is 0 Å². The van der Waals surface area contributed by atoms with Crippen LogP contribution in [0.15, 0.2) is 41.0 Å². The highest BCUT2D eigenvalue weighted by Gasteiger charge is 2.39. The Hall–Kier alpha value is -2.30. The van der Waals surface area contributed by atoms with Crippen LogP contribution in [0.25, 0.3) is 0 Å². The highest BCUT2D eigenvalue weighted by atomic mass is 16.4. The molecule has 18 heavy (non-hydrogen) atoms. The first-order valence-corrected chi connectivity index (χ1v) is 5.74. The van der Waals surface area contributed by atoms with Crippen molar-refractivity contribution in [2.24, 2.45) is 0 Å². The first kappa shape index (κ1) is 10.8. The fourth-order valence-electron chi connectivity index (χ4n) is 2.02. The number of carboxylic acid groups (broad SMARTS) is 1. The van der Waals surface area contributed by atoms with Crippen LogP contribution in [0, 0.1) is 0 Å². The topological polar surface area (TPSA) is 75.4 Å². The van der Waals surface area contributed by atoms with Gasteiger partial charge in [0.1, 0.15) is 6.26 Å². The zero-order chi connectivity index (χ0) is 12.5. The van der Waals surface area contributed by atoms with Crippen molar-refractivity contribution in [2.45, 2.75) is 18.4 Å². The Balaban J connectivity index is 1.64. The number of nitrogens with zero attached hydrogens (tertiary/aromatic N) is 1. The van der Waals surface area contributed by atoms with E-state index in [0.717, 1.165) is 12.7 Å². The maximum atomic E-state index is 10.7. The molecule has 92 valence electrons. The van der Waals surface area contributed by atoms with Crippen LogP contribution < -0.4 is 5.32 Å². The normalized spacial score (nSPS) is 21.6. The summed E-state index contributed by atoms with van der Waals surface area (Å²) in [5, 5.41) is 11.8. The molecular weight excluding hydrogens is 232 g/mol. The van der Waals surface area contributed by atoms with Crippen LogP contribution in [0.3, 0.4) is 0 Å². The molecule has 2 aromatic rings. The first-order chi connectivity index (χ1) is 8.74. The molecule has 2 unspecified atom stereocenters. The van der Waals surface area contributed by atoms with Gasteiger partial charge in [0, 0.05) is 12.0 Å². The second-order valence-corrected chi connectivity index (χ2v) is 4.35. The zero-order valence-corrected chi connectivity index (χ0v) is 9.54. The Morgan fingerprint density at radius 3 is 2.83 bits per heavy atom. The van der Waals surface area contributed by atoms with Crippen molar-refractivity contribution in [1.29, 1.82) is 0 Å². The van der Waals surface area contributed by atoms with Crippen molar-refractivity contribution in [3.8, 4) is 0 Å². The van der Waals surface area contributed by atoms with Gasteiger partial charge in [-0.25, -0.2) is 4.79 Å². The van der Waals surface area contributed by atoms with Gasteiger partial charge >= 0.3 is 5.97 Å². The van der Waals surface area contributed by atoms with Crippen molar-refractivity contribution in [1.82, 2.24) is 4.98 Å². The van der Waals surface area contributed by atoms with Crippen LogP contribution in [0.5, 0.6) is 0 Å². The lowest BCUT2D eigenvalue weighted by Crippen LogP contribution is -2.05. The number of benzene rings is 1. The predicted octanol–water partition coefficient (Wildman–Crippen LogP) is 2.34. The molecule has 0 saturated heterocycles. The summed E-state index contributed by atoms with van der Waals surface area (Å²) in [7, 11) is 0. The average Bonchev–Trinajstić information content (AvgIpc) is 2.97. The van der Waals surface area contributed by atoms with E-state index in [9.17, 15) is 4.79 Å².